The van der Waals surface area contributed by atoms with Crippen LogP contribution in [0.25, 0.3) is 0 Å². The Morgan fingerprint density at radius 2 is 1.20 bits per heavy atom. The second-order valence-corrected chi connectivity index (χ2v) is 2.05. The van der Waals surface area contributed by atoms with Crippen molar-refractivity contribution in [3.63, 3.8) is 0 Å². The number of rotatable bonds is 2. The molecule has 0 amide bonds. The molecule has 9 heteroatoms. The SMILES string of the molecule is CC(O)C(=O)O.CC(O)C(O)=[OH+].O.O.[Ti]. The van der Waals surface area contributed by atoms with Crippen molar-refractivity contribution in [2.24, 2.45) is 0 Å². The summed E-state index contributed by atoms with van der Waals surface area (Å²) in [5.74, 6) is -2.12. The molecular formula is C6H17O8Ti+. The summed E-state index contributed by atoms with van der Waals surface area (Å²) in [6.07, 6.45) is -2.35. The number of aliphatic hydroxyl groups is 2. The Labute approximate surface area is 101 Å². The predicted molar refractivity (Wildman–Crippen MR) is 47.8 cm³/mol. The van der Waals surface area contributed by atoms with Gasteiger partial charge in [-0.25, -0.2) is 4.79 Å². The number of aliphatic hydroxyl groups excluding tert-OH is 3. The third-order valence-corrected chi connectivity index (χ3v) is 0.731. The molecular weight excluding hydrogens is 248 g/mol. The first-order valence-electron chi connectivity index (χ1n) is 3.12. The van der Waals surface area contributed by atoms with Crippen LogP contribution in [-0.2, 0) is 26.5 Å². The smallest absolute Gasteiger partial charge is 0.479 e. The zero-order valence-corrected chi connectivity index (χ0v) is 9.86. The molecule has 8 nitrogen and oxygen atoms in total. The molecule has 0 aromatic carbocycles. The number of carbonyl (C=O) groups is 1. The second kappa shape index (κ2) is 15.9. The molecule has 0 aliphatic heterocycles. The summed E-state index contributed by atoms with van der Waals surface area (Å²) in [6, 6.07) is 0. The normalized spacial score (nSPS) is 10.9. The van der Waals surface area contributed by atoms with E-state index < -0.39 is 24.1 Å². The summed E-state index contributed by atoms with van der Waals surface area (Å²) in [4.78, 5) is 17.3. The summed E-state index contributed by atoms with van der Waals surface area (Å²) in [6.45, 7) is 2.46. The van der Waals surface area contributed by atoms with Gasteiger partial charge in [-0.15, -0.1) is 0 Å². The van der Waals surface area contributed by atoms with E-state index in [9.17, 15) is 4.79 Å². The molecule has 0 heterocycles. The van der Waals surface area contributed by atoms with Gasteiger partial charge in [0.05, 0.1) is 0 Å². The molecule has 0 radical (unpaired) electrons. The van der Waals surface area contributed by atoms with E-state index in [-0.39, 0.29) is 32.7 Å². The average Bonchev–Trinajstić information content (AvgIpc) is 1.88. The van der Waals surface area contributed by atoms with Crippen LogP contribution in [0.4, 0.5) is 0 Å². The Morgan fingerprint density at radius 3 is 1.20 bits per heavy atom. The Balaban J connectivity index is -0.0000000370. The second-order valence-electron chi connectivity index (χ2n) is 2.05. The first-order chi connectivity index (χ1) is 5.29. The van der Waals surface area contributed by atoms with Gasteiger partial charge in [0.2, 0.25) is 6.10 Å². The molecule has 0 aromatic heterocycles. The molecule has 15 heavy (non-hydrogen) atoms. The van der Waals surface area contributed by atoms with Crippen molar-refractivity contribution in [2.45, 2.75) is 26.1 Å². The maximum Gasteiger partial charge on any atom is 0.510 e. The van der Waals surface area contributed by atoms with Gasteiger partial charge in [-0.05, 0) is 13.8 Å². The molecule has 2 unspecified atom stereocenters. The first kappa shape index (κ1) is 29.3. The fraction of sp³-hybridized carbons (Fsp3) is 0.667. The number of carboxylic acids is 2. The van der Waals surface area contributed by atoms with Gasteiger partial charge in [0.1, 0.15) is 6.10 Å². The molecule has 0 aliphatic rings. The van der Waals surface area contributed by atoms with Crippen molar-refractivity contribution in [1.29, 1.82) is 0 Å². The molecule has 0 saturated carbocycles. The fourth-order valence-electron chi connectivity index (χ4n) is 0. The predicted octanol–water partition coefficient (Wildman–Crippen LogP) is -2.77. The molecule has 9 N–H and O–H groups in total. The minimum absolute atomic E-state index is 0. The number of hydrogen-bond donors (Lipinski definition) is 4. The van der Waals surface area contributed by atoms with Crippen LogP contribution in [0.15, 0.2) is 0 Å². The van der Waals surface area contributed by atoms with E-state index in [0.717, 1.165) is 0 Å². The van der Waals surface area contributed by atoms with Gasteiger partial charge in [-0.2, -0.15) is 0 Å². The molecule has 0 rings (SSSR count). The van der Waals surface area contributed by atoms with Crippen LogP contribution >= 0.6 is 0 Å². The van der Waals surface area contributed by atoms with Crippen molar-refractivity contribution < 1.29 is 62.7 Å². The van der Waals surface area contributed by atoms with Crippen molar-refractivity contribution in [3.05, 3.63) is 0 Å². The Hall–Kier alpha value is -0.506. The molecule has 2 atom stereocenters. The zero-order chi connectivity index (χ0) is 10.3. The van der Waals surface area contributed by atoms with Crippen molar-refractivity contribution >= 4 is 11.9 Å². The zero-order valence-electron chi connectivity index (χ0n) is 8.30. The summed E-state index contributed by atoms with van der Waals surface area (Å²) in [5, 5.41) is 31.7. The van der Waals surface area contributed by atoms with Gasteiger partial charge >= 0.3 is 11.9 Å². The maximum atomic E-state index is 9.45. The van der Waals surface area contributed by atoms with Gasteiger partial charge in [0.15, 0.2) is 0 Å². The number of aliphatic carboxylic acids is 2. The maximum absolute atomic E-state index is 9.45. The number of hydrogen-bond acceptors (Lipinski definition) is 3. The van der Waals surface area contributed by atoms with Crippen LogP contribution in [0.2, 0.25) is 0 Å². The van der Waals surface area contributed by atoms with Crippen LogP contribution in [0.5, 0.6) is 0 Å². The van der Waals surface area contributed by atoms with Crippen LogP contribution in [0.1, 0.15) is 13.8 Å². The summed E-state index contributed by atoms with van der Waals surface area (Å²) >= 11 is 0. The topological polar surface area (TPSA) is 182 Å². The van der Waals surface area contributed by atoms with E-state index in [4.69, 9.17) is 25.2 Å². The molecule has 0 spiro atoms. The van der Waals surface area contributed by atoms with Crippen LogP contribution in [-0.4, -0.2) is 60.3 Å². The third-order valence-electron chi connectivity index (χ3n) is 0.731. The fourth-order valence-corrected chi connectivity index (χ4v) is 0. The summed E-state index contributed by atoms with van der Waals surface area (Å²) < 4.78 is 0. The molecule has 0 bridgehead atoms. The molecule has 0 fully saturated rings. The minimum atomic E-state index is -1.23. The van der Waals surface area contributed by atoms with E-state index >= 15 is 0 Å². The van der Waals surface area contributed by atoms with Crippen molar-refractivity contribution in [1.82, 2.24) is 0 Å². The van der Waals surface area contributed by atoms with Crippen LogP contribution in [0.3, 0.4) is 0 Å². The van der Waals surface area contributed by atoms with Crippen molar-refractivity contribution in [2.75, 3.05) is 0 Å². The summed E-state index contributed by atoms with van der Waals surface area (Å²) in [5.41, 5.74) is 0. The van der Waals surface area contributed by atoms with Gasteiger partial charge in [-0.1, -0.05) is 0 Å². The van der Waals surface area contributed by atoms with Crippen molar-refractivity contribution in [3.8, 4) is 0 Å². The van der Waals surface area contributed by atoms with E-state index in [0.29, 0.717) is 0 Å². The van der Waals surface area contributed by atoms with E-state index in [1.165, 1.54) is 13.8 Å². The van der Waals surface area contributed by atoms with Gasteiger partial charge in [-0.3, -0.25) is 0 Å². The molecule has 92 valence electrons. The van der Waals surface area contributed by atoms with E-state index in [2.05, 4.69) is 0 Å². The van der Waals surface area contributed by atoms with Gasteiger partial charge < -0.3 is 36.2 Å². The largest absolute Gasteiger partial charge is 0.510 e. The molecule has 0 aromatic rings. The minimum Gasteiger partial charge on any atom is -0.479 e. The average molecular weight is 265 g/mol. The Bertz CT molecular complexity index is 139. The van der Waals surface area contributed by atoms with Gasteiger partial charge in [0.25, 0.3) is 0 Å². The number of carboxylic acid groups (broad SMARTS) is 2. The molecule has 0 saturated heterocycles. The Kier molecular flexibility index (Phi) is 31.1. The monoisotopic (exact) mass is 265 g/mol. The standard InChI is InChI=1S/2C3H6O3.2H2O.Ti/c2*1-2(4)3(5)6;;;/h2*2,4H,1H3,(H,5,6);2*1H2;/p+1. The van der Waals surface area contributed by atoms with E-state index in [1.54, 1.807) is 0 Å². The Morgan fingerprint density at radius 1 is 1.07 bits per heavy atom. The van der Waals surface area contributed by atoms with Crippen LogP contribution in [0, 0.1) is 0 Å². The van der Waals surface area contributed by atoms with E-state index in [1.807, 2.05) is 0 Å². The van der Waals surface area contributed by atoms with Crippen LogP contribution < -0.4 is 0 Å². The summed E-state index contributed by atoms with van der Waals surface area (Å²) in [7, 11) is 0. The van der Waals surface area contributed by atoms with Gasteiger partial charge in [0, 0.05) is 21.7 Å². The first-order valence-corrected chi connectivity index (χ1v) is 3.12. The quantitative estimate of drug-likeness (QED) is 0.310. The third kappa shape index (κ3) is 31.7. The molecule has 0 aliphatic carbocycles.